The maximum Gasteiger partial charge on any atom is 0.149 e. The molecule has 0 radical (unpaired) electrons. The van der Waals surface area contributed by atoms with Crippen LogP contribution < -0.4 is 10.4 Å². The van der Waals surface area contributed by atoms with Gasteiger partial charge in [0.25, 0.3) is 0 Å². The van der Waals surface area contributed by atoms with Crippen molar-refractivity contribution < 1.29 is 9.33 Å². The molecule has 1 aliphatic rings. The average Bonchev–Trinajstić information content (AvgIpc) is 2.61. The Bertz CT molecular complexity index is 802. The zero-order valence-corrected chi connectivity index (χ0v) is 14.4. The number of aryl methyl sites for hydroxylation is 1. The van der Waals surface area contributed by atoms with Crippen LogP contribution in [0, 0.1) is 24.1 Å². The summed E-state index contributed by atoms with van der Waals surface area (Å²) in [6.07, 6.45) is 0.897. The van der Waals surface area contributed by atoms with Crippen molar-refractivity contribution >= 4 is 11.4 Å². The summed E-state index contributed by atoms with van der Waals surface area (Å²) in [5.41, 5.74) is 3.49. The Morgan fingerprint density at radius 1 is 1.24 bits per heavy atom. The van der Waals surface area contributed by atoms with Crippen LogP contribution in [0.2, 0.25) is 0 Å². The van der Waals surface area contributed by atoms with Gasteiger partial charge >= 0.3 is 0 Å². The number of anilines is 2. The van der Waals surface area contributed by atoms with Gasteiger partial charge in [0.15, 0.2) is 0 Å². The van der Waals surface area contributed by atoms with Gasteiger partial charge in [0.2, 0.25) is 0 Å². The Balaban J connectivity index is 1.97. The van der Waals surface area contributed by atoms with E-state index in [4.69, 9.17) is 10.2 Å². The highest BCUT2D eigenvalue weighted by molar-refractivity contribution is 5.66. The zero-order valence-electron chi connectivity index (χ0n) is 14.4. The van der Waals surface area contributed by atoms with Gasteiger partial charge in [0.05, 0.1) is 23.9 Å². The Kier molecular flexibility index (Phi) is 5.29. The first-order valence-electron chi connectivity index (χ1n) is 8.29. The van der Waals surface area contributed by atoms with Crippen LogP contribution in [0.1, 0.15) is 23.1 Å². The number of hydrogen-bond acceptors (Lipinski definition) is 5. The molecule has 0 saturated heterocycles. The molecule has 5 nitrogen and oxygen atoms in total. The predicted molar refractivity (Wildman–Crippen MR) is 94.5 cm³/mol. The summed E-state index contributed by atoms with van der Waals surface area (Å²) >= 11 is 0. The first kappa shape index (κ1) is 17.4. The van der Waals surface area contributed by atoms with E-state index in [0.717, 1.165) is 29.8 Å². The summed E-state index contributed by atoms with van der Waals surface area (Å²) in [6, 6.07) is 12.6. The number of nitriles is 1. The highest BCUT2D eigenvalue weighted by Crippen LogP contribution is 2.36. The van der Waals surface area contributed by atoms with Gasteiger partial charge in [0, 0.05) is 6.54 Å². The van der Waals surface area contributed by atoms with E-state index in [1.165, 1.54) is 11.1 Å². The lowest BCUT2D eigenvalue weighted by Gasteiger charge is -2.36. The summed E-state index contributed by atoms with van der Waals surface area (Å²) in [7, 11) is 1.90. The molecule has 0 amide bonds. The average molecular weight is 340 g/mol. The molecule has 0 bridgehead atoms. The van der Waals surface area contributed by atoms with Gasteiger partial charge in [-0.05, 0) is 68.4 Å². The number of rotatable bonds is 5. The second-order valence-electron chi connectivity index (χ2n) is 6.11. The van der Waals surface area contributed by atoms with Crippen LogP contribution in [0.5, 0.6) is 0 Å². The van der Waals surface area contributed by atoms with Crippen molar-refractivity contribution in [1.29, 1.82) is 5.26 Å². The fourth-order valence-corrected chi connectivity index (χ4v) is 2.86. The molecule has 0 saturated carbocycles. The number of hydrogen-bond donors (Lipinski definition) is 1. The molecule has 0 fully saturated rings. The van der Waals surface area contributed by atoms with Gasteiger partial charge in [-0.15, -0.1) is 0 Å². The summed E-state index contributed by atoms with van der Waals surface area (Å²) in [4.78, 5) is 5.96. The maximum absolute atomic E-state index is 14.5. The van der Waals surface area contributed by atoms with E-state index >= 15 is 0 Å². The number of nitrogens with zero attached hydrogens (tertiary/aromatic N) is 3. The van der Waals surface area contributed by atoms with Crippen molar-refractivity contribution in [2.24, 2.45) is 0 Å². The van der Waals surface area contributed by atoms with Gasteiger partial charge < -0.3 is 5.32 Å². The topological polar surface area (TPSA) is 51.5 Å². The third kappa shape index (κ3) is 3.80. The fraction of sp³-hybridized carbons (Fsp3) is 0.316. The minimum atomic E-state index is -0.340. The molecular weight excluding hydrogens is 319 g/mol. The summed E-state index contributed by atoms with van der Waals surface area (Å²) < 4.78 is 14.5. The normalized spacial score (nSPS) is 14.2. The van der Waals surface area contributed by atoms with Crippen LogP contribution in [0.4, 0.5) is 15.8 Å². The first-order chi connectivity index (χ1) is 12.1. The Hall–Kier alpha value is -2.46. The van der Waals surface area contributed by atoms with E-state index in [1.54, 1.807) is 23.3 Å². The van der Waals surface area contributed by atoms with Crippen molar-refractivity contribution in [2.45, 2.75) is 19.9 Å². The van der Waals surface area contributed by atoms with Crippen LogP contribution in [-0.4, -0.2) is 25.2 Å². The van der Waals surface area contributed by atoms with Crippen molar-refractivity contribution in [2.75, 3.05) is 25.2 Å². The van der Waals surface area contributed by atoms with E-state index < -0.39 is 0 Å². The second kappa shape index (κ2) is 7.62. The molecule has 2 aromatic carbocycles. The third-order valence-corrected chi connectivity index (χ3v) is 4.13. The largest absolute Gasteiger partial charge is 0.320 e. The highest BCUT2D eigenvalue weighted by atomic mass is 19.1. The van der Waals surface area contributed by atoms with E-state index in [2.05, 4.69) is 11.4 Å². The molecule has 25 heavy (non-hydrogen) atoms. The number of hydroxylamine groups is 2. The lowest BCUT2D eigenvalue weighted by Crippen LogP contribution is -2.39. The molecular formula is C19H21FN4O. The van der Waals surface area contributed by atoms with Crippen LogP contribution in [0.3, 0.4) is 0 Å². The molecule has 130 valence electrons. The van der Waals surface area contributed by atoms with Gasteiger partial charge in [-0.25, -0.2) is 4.39 Å². The Morgan fingerprint density at radius 2 is 2.04 bits per heavy atom. The predicted octanol–water partition coefficient (Wildman–Crippen LogP) is 3.42. The molecule has 0 aliphatic carbocycles. The quantitative estimate of drug-likeness (QED) is 0.845. The van der Waals surface area contributed by atoms with Crippen molar-refractivity contribution in [3.8, 4) is 6.07 Å². The monoisotopic (exact) mass is 340 g/mol. The SMILES string of the molecule is CNCCCN1Cc2cc(C#N)ccc2N(c2ccc(C)cc2F)O1. The van der Waals surface area contributed by atoms with E-state index in [-0.39, 0.29) is 5.82 Å². The molecule has 1 aliphatic heterocycles. The van der Waals surface area contributed by atoms with Crippen LogP contribution in [-0.2, 0) is 11.5 Å². The van der Waals surface area contributed by atoms with Gasteiger partial charge in [0.1, 0.15) is 11.5 Å². The van der Waals surface area contributed by atoms with E-state index in [9.17, 15) is 4.39 Å². The maximum atomic E-state index is 14.5. The minimum absolute atomic E-state index is 0.340. The van der Waals surface area contributed by atoms with Gasteiger partial charge in [-0.2, -0.15) is 20.3 Å². The molecule has 3 rings (SSSR count). The van der Waals surface area contributed by atoms with E-state index in [0.29, 0.717) is 24.3 Å². The highest BCUT2D eigenvalue weighted by Gasteiger charge is 2.27. The van der Waals surface area contributed by atoms with Crippen LogP contribution in [0.15, 0.2) is 36.4 Å². The van der Waals surface area contributed by atoms with Crippen molar-refractivity contribution in [3.63, 3.8) is 0 Å². The lowest BCUT2D eigenvalue weighted by atomic mass is 10.1. The minimum Gasteiger partial charge on any atom is -0.320 e. The molecule has 0 spiro atoms. The lowest BCUT2D eigenvalue weighted by molar-refractivity contribution is -0.176. The molecule has 2 aromatic rings. The van der Waals surface area contributed by atoms with E-state index in [1.807, 2.05) is 26.1 Å². The molecule has 0 unspecified atom stereocenters. The Morgan fingerprint density at radius 3 is 2.76 bits per heavy atom. The summed E-state index contributed by atoms with van der Waals surface area (Å²) in [6.45, 7) is 3.96. The molecule has 1 heterocycles. The second-order valence-corrected chi connectivity index (χ2v) is 6.11. The van der Waals surface area contributed by atoms with Crippen LogP contribution >= 0.6 is 0 Å². The molecule has 6 heteroatoms. The third-order valence-electron chi connectivity index (χ3n) is 4.13. The summed E-state index contributed by atoms with van der Waals surface area (Å²) in [5.74, 6) is -0.340. The standard InChI is InChI=1S/C19H21FN4O/c1-14-4-6-19(17(20)10-14)24-18-7-5-15(12-21)11-16(18)13-23(25-24)9-3-8-22-2/h4-7,10-11,22H,3,8-9,13H2,1-2H3. The number of benzene rings is 2. The molecule has 0 atom stereocenters. The zero-order chi connectivity index (χ0) is 17.8. The number of halogens is 1. The number of nitrogens with one attached hydrogen (secondary N) is 1. The van der Waals surface area contributed by atoms with Crippen molar-refractivity contribution in [1.82, 2.24) is 10.4 Å². The first-order valence-corrected chi connectivity index (χ1v) is 8.29. The van der Waals surface area contributed by atoms with Gasteiger partial charge in [-0.3, -0.25) is 0 Å². The Labute approximate surface area is 147 Å². The fourth-order valence-electron chi connectivity index (χ4n) is 2.86. The summed E-state index contributed by atoms with van der Waals surface area (Å²) in [5, 5.41) is 15.6. The van der Waals surface area contributed by atoms with Crippen molar-refractivity contribution in [3.05, 3.63) is 58.9 Å². The molecule has 1 N–H and O–H groups in total. The number of fused-ring (bicyclic) bond motifs is 1. The van der Waals surface area contributed by atoms with Crippen LogP contribution in [0.25, 0.3) is 0 Å². The molecule has 0 aromatic heterocycles. The smallest absolute Gasteiger partial charge is 0.149 e. The van der Waals surface area contributed by atoms with Gasteiger partial charge in [-0.1, -0.05) is 6.07 Å².